The molecule has 1 aliphatic rings. The molecule has 0 bridgehead atoms. The maximum absolute atomic E-state index is 14.2. The van der Waals surface area contributed by atoms with Gasteiger partial charge in [-0.3, -0.25) is 28.4 Å². The van der Waals surface area contributed by atoms with Crippen molar-refractivity contribution in [2.24, 2.45) is 10.7 Å². The number of alkyl halides is 2. The number of thioether (sulfide) groups is 1. The van der Waals surface area contributed by atoms with Crippen LogP contribution in [-0.4, -0.2) is 90.1 Å². The van der Waals surface area contributed by atoms with Gasteiger partial charge in [0, 0.05) is 30.8 Å². The van der Waals surface area contributed by atoms with Crippen molar-refractivity contribution < 1.29 is 50.8 Å². The van der Waals surface area contributed by atoms with E-state index in [4.69, 9.17) is 55.6 Å². The molecular formula is C30H35Cl3F3N8O10PS3. The van der Waals surface area contributed by atoms with Crippen LogP contribution in [0.1, 0.15) is 31.6 Å². The lowest BCUT2D eigenvalue weighted by atomic mass is 10.2. The van der Waals surface area contributed by atoms with Crippen LogP contribution >= 0.6 is 65.3 Å². The summed E-state index contributed by atoms with van der Waals surface area (Å²) in [4.78, 5) is 58.6. The molecule has 5 rings (SSSR count). The van der Waals surface area contributed by atoms with Gasteiger partial charge in [0.05, 0.1) is 38.5 Å². The van der Waals surface area contributed by atoms with Crippen molar-refractivity contribution in [3.8, 4) is 5.69 Å². The fourth-order valence-electron chi connectivity index (χ4n) is 4.71. The molecule has 320 valence electrons. The van der Waals surface area contributed by atoms with E-state index in [-0.39, 0.29) is 65.7 Å². The second-order valence-corrected chi connectivity index (χ2v) is 19.6. The van der Waals surface area contributed by atoms with E-state index in [2.05, 4.69) is 14.8 Å². The van der Waals surface area contributed by atoms with Crippen molar-refractivity contribution in [1.29, 1.82) is 0 Å². The zero-order valence-electron chi connectivity index (χ0n) is 30.3. The van der Waals surface area contributed by atoms with Gasteiger partial charge in [-0.25, -0.2) is 31.8 Å². The highest BCUT2D eigenvalue weighted by atomic mass is 35.5. The van der Waals surface area contributed by atoms with E-state index in [1.54, 1.807) is 9.36 Å². The number of sulfonamides is 1. The van der Waals surface area contributed by atoms with E-state index in [1.807, 2.05) is 0 Å². The summed E-state index contributed by atoms with van der Waals surface area (Å²) in [6.45, 7) is 0.627. The maximum Gasteiger partial charge on any atom is 0.355 e. The van der Waals surface area contributed by atoms with Gasteiger partial charge >= 0.3 is 29.1 Å². The largest absolute Gasteiger partial charge is 0.481 e. The number of carbonyl (C=O) groups is 2. The molecule has 0 amide bonds. The topological polar surface area (TPSA) is 263 Å². The van der Waals surface area contributed by atoms with E-state index in [0.717, 1.165) is 54.3 Å². The Morgan fingerprint density at radius 1 is 1.09 bits per heavy atom. The van der Waals surface area contributed by atoms with Gasteiger partial charge in [0.25, 0.3) is 0 Å². The fraction of sp³-hybridized carbons (Fsp3) is 0.400. The number of hydrogen-bond acceptors (Lipinski definition) is 12. The summed E-state index contributed by atoms with van der Waals surface area (Å²) in [6.07, 6.45) is 2.77. The highest BCUT2D eigenvalue weighted by molar-refractivity contribution is 8.00. The molecule has 0 radical (unpaired) electrons. The molecule has 2 atom stereocenters. The first-order valence-corrected chi connectivity index (χ1v) is 23.3. The Balaban J connectivity index is 0.000000249. The Morgan fingerprint density at radius 2 is 1.71 bits per heavy atom. The molecule has 1 aliphatic heterocycles. The van der Waals surface area contributed by atoms with Gasteiger partial charge in [-0.15, -0.1) is 16.9 Å². The summed E-state index contributed by atoms with van der Waals surface area (Å²) >= 11 is 19.8. The maximum atomic E-state index is 14.2. The third-order valence-corrected chi connectivity index (χ3v) is 12.0. The molecule has 3 heterocycles. The van der Waals surface area contributed by atoms with Crippen LogP contribution in [0, 0.1) is 12.7 Å². The molecule has 58 heavy (non-hydrogen) atoms. The number of hydrogen-bond donors (Lipinski definition) is 5. The number of nitrogens with two attached hydrogens (primary N) is 1. The Bertz CT molecular complexity index is 2520. The molecule has 2 unspecified atom stereocenters. The summed E-state index contributed by atoms with van der Waals surface area (Å²) in [7, 11) is -6.75. The van der Waals surface area contributed by atoms with Crippen molar-refractivity contribution in [3.05, 3.63) is 75.9 Å². The van der Waals surface area contributed by atoms with Gasteiger partial charge in [-0.1, -0.05) is 34.8 Å². The van der Waals surface area contributed by atoms with Crippen molar-refractivity contribution in [2.45, 2.75) is 56.8 Å². The predicted molar refractivity (Wildman–Crippen MR) is 214 cm³/mol. The van der Waals surface area contributed by atoms with Crippen LogP contribution in [0.4, 0.5) is 24.5 Å². The summed E-state index contributed by atoms with van der Waals surface area (Å²) < 4.78 is 79.5. The molecule has 0 aliphatic carbocycles. The first kappa shape index (κ1) is 48.8. The average molecular weight is 958 g/mol. The van der Waals surface area contributed by atoms with Crippen LogP contribution in [-0.2, 0) is 37.3 Å². The number of halogens is 6. The molecule has 0 saturated carbocycles. The van der Waals surface area contributed by atoms with E-state index in [1.165, 1.54) is 25.7 Å². The van der Waals surface area contributed by atoms with Gasteiger partial charge in [0.1, 0.15) is 23.4 Å². The minimum atomic E-state index is -3.65. The average Bonchev–Trinajstić information content (AvgIpc) is 3.58. The molecule has 2 aromatic carbocycles. The van der Waals surface area contributed by atoms with Gasteiger partial charge < -0.3 is 20.8 Å². The van der Waals surface area contributed by atoms with E-state index < -0.39 is 53.4 Å². The third-order valence-electron chi connectivity index (χ3n) is 7.37. The number of nitrogens with one attached hydrogen (secondary N) is 1. The third kappa shape index (κ3) is 14.0. The zero-order chi connectivity index (χ0) is 43.9. The molecule has 6 N–H and O–H groups in total. The van der Waals surface area contributed by atoms with E-state index >= 15 is 0 Å². The number of aryl methyl sites for hydroxylation is 1. The molecule has 0 spiro atoms. The number of anilines is 1. The first-order chi connectivity index (χ1) is 26.8. The fourth-order valence-corrected chi connectivity index (χ4v) is 8.48. The van der Waals surface area contributed by atoms with Crippen molar-refractivity contribution in [1.82, 2.24) is 23.7 Å². The number of carboxylic acid groups (broad SMARTS) is 2. The van der Waals surface area contributed by atoms with Crippen LogP contribution in [0.15, 0.2) is 43.7 Å². The molecule has 2 aromatic heterocycles. The Hall–Kier alpha value is -3.61. The molecule has 18 nitrogen and oxygen atoms in total. The predicted octanol–water partition coefficient (Wildman–Crippen LogP) is 4.81. The van der Waals surface area contributed by atoms with Crippen LogP contribution in [0.5, 0.6) is 0 Å². The SMILES string of the molecule is CP(=O)(O)CCC(N)C(=O)O.Cc1nn(-c2cc(NS(C)(=O)=O)c(Cl)cc2Cl)c(=O)n1C(F)F.O=C(O)CSc1cc(N=c2sc(=O)n3n2CCCC3)c(F)cc1Cl. The number of fused-ring (bicyclic) bond motifs is 1. The zero-order valence-corrected chi connectivity index (χ0v) is 35.9. The molecule has 4 aromatic rings. The monoisotopic (exact) mass is 956 g/mol. The second kappa shape index (κ2) is 20.6. The smallest absolute Gasteiger partial charge is 0.355 e. The quantitative estimate of drug-likeness (QED) is 0.0944. The van der Waals surface area contributed by atoms with Gasteiger partial charge in [0.2, 0.25) is 14.8 Å². The van der Waals surface area contributed by atoms with Crippen LogP contribution in [0.25, 0.3) is 5.69 Å². The number of benzene rings is 2. The van der Waals surface area contributed by atoms with Crippen molar-refractivity contribution in [2.75, 3.05) is 29.6 Å². The van der Waals surface area contributed by atoms with Crippen LogP contribution in [0.3, 0.4) is 0 Å². The van der Waals surface area contributed by atoms with Gasteiger partial charge in [0.15, 0.2) is 7.37 Å². The highest BCUT2D eigenvalue weighted by Crippen LogP contribution is 2.36. The summed E-state index contributed by atoms with van der Waals surface area (Å²) in [5.74, 6) is -3.16. The minimum Gasteiger partial charge on any atom is -0.481 e. The molecule has 28 heteroatoms. The molecule has 0 fully saturated rings. The Kier molecular flexibility index (Phi) is 17.3. The number of carboxylic acids is 2. The second-order valence-electron chi connectivity index (χ2n) is 12.2. The number of rotatable bonds is 12. The lowest BCUT2D eigenvalue weighted by Crippen LogP contribution is -2.31. The summed E-state index contributed by atoms with van der Waals surface area (Å²) in [5.41, 5.74) is 3.86. The van der Waals surface area contributed by atoms with Crippen LogP contribution in [0.2, 0.25) is 15.1 Å². The number of aliphatic carboxylic acids is 2. The standard InChI is InChI=1S/C14H13ClFN3O3S2.C11H10Cl2F2N4O3S.C5H12NO4P/c15-8-5-9(16)10(6-11(8)23-7-12(20)21)17-13-18-3-1-2-4-19(18)14(22)24-13;1-5-16-19(11(20)18(5)10(14)15)9-4-8(17-23(2,21)22)6(12)3-7(9)13;1-11(9,10)3-2-4(6)5(7)8/h5-6H,1-4,7H2,(H,20,21);3-4,10,17H,1-2H3;4H,2-3,6H2,1H3,(H,7,8)(H,9,10). The lowest BCUT2D eigenvalue weighted by Gasteiger charge is -2.15. The lowest BCUT2D eigenvalue weighted by molar-refractivity contribution is -0.138. The number of nitrogens with zero attached hydrogens (tertiary/aromatic N) is 6. The van der Waals surface area contributed by atoms with Crippen LogP contribution < -0.4 is 25.8 Å². The normalized spacial score (nSPS) is 14.4. The first-order valence-electron chi connectivity index (χ1n) is 16.2. The minimum absolute atomic E-state index is 0.0257. The number of aromatic nitrogens is 5. The highest BCUT2D eigenvalue weighted by Gasteiger charge is 2.22. The van der Waals surface area contributed by atoms with Gasteiger partial charge in [-0.05, 0) is 61.8 Å². The van der Waals surface area contributed by atoms with Crippen molar-refractivity contribution >= 4 is 98.6 Å². The summed E-state index contributed by atoms with van der Waals surface area (Å²) in [5, 5.41) is 20.8. The Labute approximate surface area is 350 Å². The summed E-state index contributed by atoms with van der Waals surface area (Å²) in [6, 6.07) is 3.80. The molecule has 0 saturated heterocycles. The van der Waals surface area contributed by atoms with E-state index in [0.29, 0.717) is 27.5 Å². The Morgan fingerprint density at radius 3 is 2.24 bits per heavy atom. The molecular weight excluding hydrogens is 923 g/mol. The van der Waals surface area contributed by atoms with Crippen molar-refractivity contribution in [3.63, 3.8) is 0 Å². The van der Waals surface area contributed by atoms with E-state index in [9.17, 15) is 45.3 Å². The van der Waals surface area contributed by atoms with Gasteiger partial charge in [-0.2, -0.15) is 13.5 Å².